The maximum Gasteiger partial charge on any atom is 0.276 e. The summed E-state index contributed by atoms with van der Waals surface area (Å²) in [6, 6.07) is 15.1. The highest BCUT2D eigenvalue weighted by molar-refractivity contribution is 9.10. The number of carbonyl (C=O) groups excluding carboxylic acids is 2. The number of nitrogens with zero attached hydrogens (tertiary/aromatic N) is 1. The van der Waals surface area contributed by atoms with E-state index in [1.165, 1.54) is 6.07 Å². The standard InChI is InChI=1S/C16H12BrN3O3/c17-13-4-6-14(7-5-13)23-10-15(21)19-20-16(22)12-3-1-2-11(8-12)9-18/h1-8H,10H2,(H,19,21)(H,20,22). The van der Waals surface area contributed by atoms with Gasteiger partial charge in [-0.3, -0.25) is 20.4 Å². The van der Waals surface area contributed by atoms with E-state index in [4.69, 9.17) is 10.00 Å². The number of halogens is 1. The van der Waals surface area contributed by atoms with E-state index in [0.29, 0.717) is 11.3 Å². The van der Waals surface area contributed by atoms with Gasteiger partial charge in [-0.25, -0.2) is 0 Å². The Kier molecular flexibility index (Phi) is 5.72. The molecule has 6 nitrogen and oxygen atoms in total. The lowest BCUT2D eigenvalue weighted by molar-refractivity contribution is -0.123. The van der Waals surface area contributed by atoms with E-state index in [1.807, 2.05) is 6.07 Å². The second kappa shape index (κ2) is 7.96. The summed E-state index contributed by atoms with van der Waals surface area (Å²) in [5, 5.41) is 8.79. The van der Waals surface area contributed by atoms with Gasteiger partial charge in [0.25, 0.3) is 11.8 Å². The fourth-order valence-corrected chi connectivity index (χ4v) is 1.91. The van der Waals surface area contributed by atoms with Crippen LogP contribution < -0.4 is 15.6 Å². The molecular formula is C16H12BrN3O3. The number of hydrogen-bond acceptors (Lipinski definition) is 4. The summed E-state index contributed by atoms with van der Waals surface area (Å²) in [7, 11) is 0. The number of nitriles is 1. The van der Waals surface area contributed by atoms with E-state index in [1.54, 1.807) is 42.5 Å². The van der Waals surface area contributed by atoms with E-state index >= 15 is 0 Å². The fourth-order valence-electron chi connectivity index (χ4n) is 1.64. The first-order valence-corrected chi connectivity index (χ1v) is 7.35. The van der Waals surface area contributed by atoms with Crippen LogP contribution in [0.3, 0.4) is 0 Å². The predicted octanol–water partition coefficient (Wildman–Crippen LogP) is 2.16. The Hall–Kier alpha value is -2.85. The minimum Gasteiger partial charge on any atom is -0.484 e. The minimum absolute atomic E-state index is 0.236. The molecule has 0 aliphatic heterocycles. The van der Waals surface area contributed by atoms with Gasteiger partial charge in [0.15, 0.2) is 6.61 Å². The molecule has 0 bridgehead atoms. The zero-order valence-corrected chi connectivity index (χ0v) is 13.5. The first kappa shape index (κ1) is 16.5. The molecule has 0 aliphatic carbocycles. The van der Waals surface area contributed by atoms with E-state index in [9.17, 15) is 9.59 Å². The predicted molar refractivity (Wildman–Crippen MR) is 86.4 cm³/mol. The normalized spacial score (nSPS) is 9.57. The van der Waals surface area contributed by atoms with Crippen LogP contribution in [0.4, 0.5) is 0 Å². The van der Waals surface area contributed by atoms with Gasteiger partial charge in [0.2, 0.25) is 0 Å². The summed E-state index contributed by atoms with van der Waals surface area (Å²) in [4.78, 5) is 23.5. The van der Waals surface area contributed by atoms with Crippen molar-refractivity contribution in [3.63, 3.8) is 0 Å². The monoisotopic (exact) mass is 373 g/mol. The van der Waals surface area contributed by atoms with Crippen molar-refractivity contribution in [3.05, 3.63) is 64.1 Å². The lowest BCUT2D eigenvalue weighted by Crippen LogP contribution is -2.43. The topological polar surface area (TPSA) is 91.2 Å². The van der Waals surface area contributed by atoms with Crippen LogP contribution in [0.15, 0.2) is 53.0 Å². The number of amides is 2. The third-order valence-corrected chi connectivity index (χ3v) is 3.28. The molecule has 0 fully saturated rings. The molecular weight excluding hydrogens is 362 g/mol. The fraction of sp³-hybridized carbons (Fsp3) is 0.0625. The highest BCUT2D eigenvalue weighted by atomic mass is 79.9. The Morgan fingerprint density at radius 1 is 1.13 bits per heavy atom. The van der Waals surface area contributed by atoms with Crippen molar-refractivity contribution in [2.45, 2.75) is 0 Å². The van der Waals surface area contributed by atoms with Gasteiger partial charge < -0.3 is 4.74 Å². The second-order valence-electron chi connectivity index (χ2n) is 4.44. The molecule has 0 atom stereocenters. The van der Waals surface area contributed by atoms with Gasteiger partial charge in [0.05, 0.1) is 11.6 Å². The van der Waals surface area contributed by atoms with Gasteiger partial charge in [0.1, 0.15) is 5.75 Å². The molecule has 0 heterocycles. The quantitative estimate of drug-likeness (QED) is 0.803. The van der Waals surface area contributed by atoms with Crippen molar-refractivity contribution >= 4 is 27.7 Å². The van der Waals surface area contributed by atoms with Crippen molar-refractivity contribution in [2.24, 2.45) is 0 Å². The lowest BCUT2D eigenvalue weighted by Gasteiger charge is -2.09. The molecule has 116 valence electrons. The van der Waals surface area contributed by atoms with Gasteiger partial charge in [-0.05, 0) is 42.5 Å². The van der Waals surface area contributed by atoms with E-state index in [-0.39, 0.29) is 12.2 Å². The molecule has 0 aliphatic rings. The second-order valence-corrected chi connectivity index (χ2v) is 5.35. The summed E-state index contributed by atoms with van der Waals surface area (Å²) >= 11 is 3.30. The average Bonchev–Trinajstić information content (AvgIpc) is 2.59. The molecule has 0 unspecified atom stereocenters. The van der Waals surface area contributed by atoms with Crippen LogP contribution in [0.5, 0.6) is 5.75 Å². The minimum atomic E-state index is -0.515. The van der Waals surface area contributed by atoms with Gasteiger partial charge >= 0.3 is 0 Å². The molecule has 0 radical (unpaired) electrons. The first-order valence-electron chi connectivity index (χ1n) is 6.56. The molecule has 23 heavy (non-hydrogen) atoms. The maximum absolute atomic E-state index is 11.8. The summed E-state index contributed by atoms with van der Waals surface area (Å²) < 4.78 is 6.17. The molecule has 2 aromatic rings. The Morgan fingerprint density at radius 2 is 1.87 bits per heavy atom. The first-order chi connectivity index (χ1) is 11.1. The van der Waals surface area contributed by atoms with Crippen LogP contribution >= 0.6 is 15.9 Å². The molecule has 2 rings (SSSR count). The largest absolute Gasteiger partial charge is 0.484 e. The van der Waals surface area contributed by atoms with Crippen molar-refractivity contribution in [3.8, 4) is 11.8 Å². The summed E-state index contributed by atoms with van der Waals surface area (Å²) in [6.45, 7) is -0.236. The van der Waals surface area contributed by atoms with Gasteiger partial charge in [-0.15, -0.1) is 0 Å². The van der Waals surface area contributed by atoms with Crippen LogP contribution in [0, 0.1) is 11.3 Å². The van der Waals surface area contributed by atoms with Crippen LogP contribution in [0.2, 0.25) is 0 Å². The van der Waals surface area contributed by atoms with Crippen molar-refractivity contribution in [2.75, 3.05) is 6.61 Å². The highest BCUT2D eigenvalue weighted by Crippen LogP contribution is 2.15. The number of hydrazine groups is 1. The Morgan fingerprint density at radius 3 is 2.57 bits per heavy atom. The molecule has 7 heteroatoms. The number of carbonyl (C=O) groups is 2. The summed E-state index contributed by atoms with van der Waals surface area (Å²) in [5.41, 5.74) is 5.14. The average molecular weight is 374 g/mol. The number of hydrogen-bond donors (Lipinski definition) is 2. The molecule has 2 aromatic carbocycles. The number of rotatable bonds is 4. The van der Waals surface area contributed by atoms with E-state index in [0.717, 1.165) is 4.47 Å². The Labute approximate surface area is 141 Å². The number of nitrogens with one attached hydrogen (secondary N) is 2. The SMILES string of the molecule is N#Cc1cccc(C(=O)NNC(=O)COc2ccc(Br)cc2)c1. The number of ether oxygens (including phenoxy) is 1. The van der Waals surface area contributed by atoms with Gasteiger partial charge in [0, 0.05) is 10.0 Å². The van der Waals surface area contributed by atoms with Crippen LogP contribution in [-0.4, -0.2) is 18.4 Å². The molecule has 0 spiro atoms. The zero-order valence-electron chi connectivity index (χ0n) is 11.9. The Bertz CT molecular complexity index is 754. The summed E-state index contributed by atoms with van der Waals surface area (Å²) in [5.74, 6) is -0.479. The molecule has 2 amide bonds. The lowest BCUT2D eigenvalue weighted by atomic mass is 10.1. The number of benzene rings is 2. The smallest absolute Gasteiger partial charge is 0.276 e. The van der Waals surface area contributed by atoms with E-state index < -0.39 is 11.8 Å². The van der Waals surface area contributed by atoms with Crippen molar-refractivity contribution in [1.82, 2.24) is 10.9 Å². The molecule has 2 N–H and O–H groups in total. The third kappa shape index (κ3) is 5.13. The molecule has 0 saturated heterocycles. The van der Waals surface area contributed by atoms with Crippen molar-refractivity contribution < 1.29 is 14.3 Å². The van der Waals surface area contributed by atoms with Crippen molar-refractivity contribution in [1.29, 1.82) is 5.26 Å². The molecule has 0 saturated carbocycles. The van der Waals surface area contributed by atoms with Crippen LogP contribution in [0.25, 0.3) is 0 Å². The molecule has 0 aromatic heterocycles. The Balaban J connectivity index is 1.80. The van der Waals surface area contributed by atoms with Crippen LogP contribution in [-0.2, 0) is 4.79 Å². The van der Waals surface area contributed by atoms with Gasteiger partial charge in [-0.2, -0.15) is 5.26 Å². The third-order valence-electron chi connectivity index (χ3n) is 2.75. The highest BCUT2D eigenvalue weighted by Gasteiger charge is 2.08. The van der Waals surface area contributed by atoms with Crippen LogP contribution in [0.1, 0.15) is 15.9 Å². The van der Waals surface area contributed by atoms with Gasteiger partial charge in [-0.1, -0.05) is 22.0 Å². The maximum atomic E-state index is 11.8. The summed E-state index contributed by atoms with van der Waals surface area (Å²) in [6.07, 6.45) is 0. The van der Waals surface area contributed by atoms with E-state index in [2.05, 4.69) is 26.8 Å². The zero-order chi connectivity index (χ0) is 16.7.